The molecule has 24 heavy (non-hydrogen) atoms. The number of thiophene rings is 1. The van der Waals surface area contributed by atoms with E-state index < -0.39 is 10.0 Å². The van der Waals surface area contributed by atoms with Crippen molar-refractivity contribution in [1.82, 2.24) is 9.62 Å². The maximum absolute atomic E-state index is 12.7. The Labute approximate surface area is 148 Å². The molecule has 1 amide bonds. The van der Waals surface area contributed by atoms with Crippen LogP contribution in [0.4, 0.5) is 0 Å². The molecule has 2 aliphatic rings. The first kappa shape index (κ1) is 17.9. The van der Waals surface area contributed by atoms with Crippen molar-refractivity contribution in [3.63, 3.8) is 0 Å². The predicted octanol–water partition coefficient (Wildman–Crippen LogP) is 3.23. The molecule has 1 aliphatic heterocycles. The van der Waals surface area contributed by atoms with Gasteiger partial charge < -0.3 is 5.32 Å². The van der Waals surface area contributed by atoms with E-state index in [1.54, 1.807) is 11.4 Å². The molecule has 0 atom stereocenters. The van der Waals surface area contributed by atoms with Crippen molar-refractivity contribution in [2.75, 3.05) is 19.6 Å². The molecule has 1 N–H and O–H groups in total. The molecule has 0 unspecified atom stereocenters. The van der Waals surface area contributed by atoms with E-state index in [4.69, 9.17) is 0 Å². The Balaban J connectivity index is 1.56. The summed E-state index contributed by atoms with van der Waals surface area (Å²) in [6.07, 6.45) is 9.22. The summed E-state index contributed by atoms with van der Waals surface area (Å²) in [5.41, 5.74) is 0. The van der Waals surface area contributed by atoms with Crippen LogP contribution in [0.25, 0.3) is 0 Å². The van der Waals surface area contributed by atoms with Gasteiger partial charge in [-0.15, -0.1) is 11.3 Å². The molecule has 134 valence electrons. The molecular formula is C17H26N2O3S2. The third-order valence-electron chi connectivity index (χ3n) is 5.07. The lowest BCUT2D eigenvalue weighted by Crippen LogP contribution is -2.30. The monoisotopic (exact) mass is 370 g/mol. The third-order valence-corrected chi connectivity index (χ3v) is 8.05. The fourth-order valence-electron chi connectivity index (χ4n) is 3.71. The van der Waals surface area contributed by atoms with E-state index in [-0.39, 0.29) is 10.8 Å². The number of nitrogens with one attached hydrogen (secondary N) is 1. The zero-order chi connectivity index (χ0) is 17.0. The van der Waals surface area contributed by atoms with Crippen molar-refractivity contribution in [2.24, 2.45) is 5.92 Å². The summed E-state index contributed by atoms with van der Waals surface area (Å²) in [7, 11) is -3.53. The zero-order valence-corrected chi connectivity index (χ0v) is 15.6. The van der Waals surface area contributed by atoms with Gasteiger partial charge in [-0.3, -0.25) is 4.79 Å². The molecule has 7 heteroatoms. The smallest absolute Gasteiger partial charge is 0.262 e. The third kappa shape index (κ3) is 4.00. The maximum atomic E-state index is 12.7. The number of nitrogens with zero attached hydrogens (tertiary/aromatic N) is 1. The highest BCUT2D eigenvalue weighted by atomic mass is 32.2. The van der Waals surface area contributed by atoms with Crippen LogP contribution in [0.2, 0.25) is 0 Å². The Morgan fingerprint density at radius 2 is 1.92 bits per heavy atom. The van der Waals surface area contributed by atoms with E-state index >= 15 is 0 Å². The molecule has 3 rings (SSSR count). The fraction of sp³-hybridized carbons (Fsp3) is 0.706. The quantitative estimate of drug-likeness (QED) is 0.749. The first-order valence-electron chi connectivity index (χ1n) is 8.95. The summed E-state index contributed by atoms with van der Waals surface area (Å²) in [6, 6.07) is 1.56. The van der Waals surface area contributed by atoms with Crippen molar-refractivity contribution >= 4 is 27.3 Å². The van der Waals surface area contributed by atoms with Gasteiger partial charge in [-0.2, -0.15) is 4.31 Å². The average Bonchev–Trinajstić information content (AvgIpc) is 3.33. The van der Waals surface area contributed by atoms with Crippen LogP contribution in [0.1, 0.15) is 61.0 Å². The number of carbonyl (C=O) groups excluding carboxylic acids is 1. The molecule has 1 saturated heterocycles. The molecule has 0 aromatic carbocycles. The normalized spacial score (nSPS) is 19.8. The lowest BCUT2D eigenvalue weighted by Gasteiger charge is -2.15. The van der Waals surface area contributed by atoms with E-state index in [2.05, 4.69) is 5.32 Å². The van der Waals surface area contributed by atoms with Crippen LogP contribution in [-0.4, -0.2) is 38.3 Å². The lowest BCUT2D eigenvalue weighted by molar-refractivity contribution is 0.0953. The lowest BCUT2D eigenvalue weighted by atomic mass is 10.0. The molecule has 1 saturated carbocycles. The summed E-state index contributed by atoms with van der Waals surface area (Å²) in [6.45, 7) is 1.73. The molecule has 2 heterocycles. The van der Waals surface area contributed by atoms with Crippen molar-refractivity contribution in [1.29, 1.82) is 0 Å². The van der Waals surface area contributed by atoms with Gasteiger partial charge in [-0.05, 0) is 43.0 Å². The molecular weight excluding hydrogens is 344 g/mol. The van der Waals surface area contributed by atoms with Crippen molar-refractivity contribution in [3.05, 3.63) is 16.3 Å². The van der Waals surface area contributed by atoms with Gasteiger partial charge in [0.25, 0.3) is 5.91 Å². The Bertz CT molecular complexity index is 657. The Hall–Kier alpha value is -0.920. The van der Waals surface area contributed by atoms with Crippen LogP contribution in [-0.2, 0) is 10.0 Å². The Morgan fingerprint density at radius 3 is 2.62 bits per heavy atom. The molecule has 5 nitrogen and oxygen atoms in total. The number of hydrogen-bond acceptors (Lipinski definition) is 4. The van der Waals surface area contributed by atoms with Crippen molar-refractivity contribution in [3.8, 4) is 0 Å². The number of rotatable bonds is 7. The molecule has 1 aromatic rings. The highest BCUT2D eigenvalue weighted by Gasteiger charge is 2.31. The average molecular weight is 371 g/mol. The fourth-order valence-corrected chi connectivity index (χ4v) is 6.54. The van der Waals surface area contributed by atoms with Gasteiger partial charge in [0.05, 0.1) is 0 Å². The standard InChI is InChI=1S/C17H26N2O3S2/c20-17(18-10-5-8-14-6-1-2-7-14)16-15(9-13-23-16)24(21,22)19-11-3-4-12-19/h9,13-14H,1-8,10-12H2,(H,18,20). The molecule has 1 aromatic heterocycles. The molecule has 0 bridgehead atoms. The van der Waals surface area contributed by atoms with E-state index in [0.29, 0.717) is 24.5 Å². The van der Waals surface area contributed by atoms with Gasteiger partial charge in [-0.1, -0.05) is 25.7 Å². The van der Waals surface area contributed by atoms with Gasteiger partial charge in [0.15, 0.2) is 0 Å². The van der Waals surface area contributed by atoms with Crippen molar-refractivity contribution < 1.29 is 13.2 Å². The van der Waals surface area contributed by atoms with Gasteiger partial charge >= 0.3 is 0 Å². The molecule has 2 fully saturated rings. The first-order chi connectivity index (χ1) is 11.6. The van der Waals surface area contributed by atoms with Crippen LogP contribution in [0.5, 0.6) is 0 Å². The van der Waals surface area contributed by atoms with Gasteiger partial charge in [0.1, 0.15) is 9.77 Å². The number of carbonyl (C=O) groups is 1. The molecule has 0 spiro atoms. The van der Waals surface area contributed by atoms with Crippen LogP contribution >= 0.6 is 11.3 Å². The minimum atomic E-state index is -3.53. The second-order valence-electron chi connectivity index (χ2n) is 6.77. The van der Waals surface area contributed by atoms with Gasteiger partial charge in [0, 0.05) is 19.6 Å². The Morgan fingerprint density at radius 1 is 1.21 bits per heavy atom. The number of hydrogen-bond donors (Lipinski definition) is 1. The van der Waals surface area contributed by atoms with Crippen LogP contribution in [0, 0.1) is 5.92 Å². The first-order valence-corrected chi connectivity index (χ1v) is 11.3. The summed E-state index contributed by atoms with van der Waals surface area (Å²) in [4.78, 5) is 12.9. The highest BCUT2D eigenvalue weighted by Crippen LogP contribution is 2.29. The van der Waals surface area contributed by atoms with Gasteiger partial charge in [-0.25, -0.2) is 8.42 Å². The minimum Gasteiger partial charge on any atom is -0.351 e. The van der Waals surface area contributed by atoms with Crippen molar-refractivity contribution in [2.45, 2.75) is 56.3 Å². The van der Waals surface area contributed by atoms with Crippen LogP contribution in [0.15, 0.2) is 16.3 Å². The van der Waals surface area contributed by atoms with E-state index in [9.17, 15) is 13.2 Å². The van der Waals surface area contributed by atoms with E-state index in [0.717, 1.165) is 31.6 Å². The van der Waals surface area contributed by atoms with Crippen LogP contribution in [0.3, 0.4) is 0 Å². The number of sulfonamides is 1. The largest absolute Gasteiger partial charge is 0.351 e. The number of amides is 1. The van der Waals surface area contributed by atoms with Gasteiger partial charge in [0.2, 0.25) is 10.0 Å². The SMILES string of the molecule is O=C(NCCCC1CCCC1)c1sccc1S(=O)(=O)N1CCCC1. The summed E-state index contributed by atoms with van der Waals surface area (Å²) >= 11 is 1.21. The maximum Gasteiger partial charge on any atom is 0.262 e. The molecule has 0 radical (unpaired) electrons. The topological polar surface area (TPSA) is 66.5 Å². The summed E-state index contributed by atoms with van der Waals surface area (Å²) in [5.74, 6) is 0.559. The summed E-state index contributed by atoms with van der Waals surface area (Å²) < 4.78 is 26.8. The molecule has 1 aliphatic carbocycles. The van der Waals surface area contributed by atoms with E-state index in [1.165, 1.54) is 41.3 Å². The minimum absolute atomic E-state index is 0.169. The second kappa shape index (κ2) is 7.97. The predicted molar refractivity (Wildman–Crippen MR) is 95.8 cm³/mol. The zero-order valence-electron chi connectivity index (χ0n) is 14.0. The second-order valence-corrected chi connectivity index (χ2v) is 9.60. The highest BCUT2D eigenvalue weighted by molar-refractivity contribution is 7.89. The van der Waals surface area contributed by atoms with E-state index in [1.807, 2.05) is 0 Å². The Kier molecular flexibility index (Phi) is 5.94. The van der Waals surface area contributed by atoms with Crippen LogP contribution < -0.4 is 5.32 Å². The summed E-state index contributed by atoms with van der Waals surface area (Å²) in [5, 5.41) is 4.59.